The summed E-state index contributed by atoms with van der Waals surface area (Å²) in [5.74, 6) is -0.835. The minimum absolute atomic E-state index is 0.362. The highest BCUT2D eigenvalue weighted by Gasteiger charge is 2.14. The molecule has 2 rings (SSSR count). The van der Waals surface area contributed by atoms with Gasteiger partial charge in [-0.15, -0.1) is 0 Å². The van der Waals surface area contributed by atoms with Crippen LogP contribution in [-0.2, 0) is 4.74 Å². The number of hydrogen-bond acceptors (Lipinski definition) is 5. The second kappa shape index (κ2) is 5.40. The summed E-state index contributed by atoms with van der Waals surface area (Å²) < 4.78 is 4.59. The largest absolute Gasteiger partial charge is 0.502 e. The van der Waals surface area contributed by atoms with E-state index in [0.29, 0.717) is 16.7 Å². The molecular formula is C14H11NO5. The monoisotopic (exact) mass is 273 g/mol. The Bertz CT molecular complexity index is 664. The van der Waals surface area contributed by atoms with Crippen LogP contribution in [0.25, 0.3) is 11.1 Å². The highest BCUT2D eigenvalue weighted by Crippen LogP contribution is 2.31. The first-order chi connectivity index (χ1) is 9.52. The zero-order valence-corrected chi connectivity index (χ0v) is 10.6. The van der Waals surface area contributed by atoms with E-state index >= 15 is 0 Å². The number of benzene rings is 2. The van der Waals surface area contributed by atoms with Crippen LogP contribution in [0.4, 0.5) is 5.69 Å². The van der Waals surface area contributed by atoms with Crippen molar-refractivity contribution in [3.05, 3.63) is 58.1 Å². The molecule has 6 heteroatoms. The van der Waals surface area contributed by atoms with Gasteiger partial charge in [0.1, 0.15) is 0 Å². The van der Waals surface area contributed by atoms with Crippen molar-refractivity contribution in [2.24, 2.45) is 0 Å². The maximum atomic E-state index is 11.3. The van der Waals surface area contributed by atoms with E-state index in [-0.39, 0.29) is 11.4 Å². The number of ether oxygens (including phenoxy) is 1. The number of esters is 1. The molecule has 0 atom stereocenters. The second-order valence-corrected chi connectivity index (χ2v) is 4.03. The summed E-state index contributed by atoms with van der Waals surface area (Å²) in [6, 6.07) is 10.6. The van der Waals surface area contributed by atoms with Crippen LogP contribution in [-0.4, -0.2) is 23.1 Å². The van der Waals surface area contributed by atoms with Crippen LogP contribution in [0.1, 0.15) is 10.4 Å². The molecule has 0 amide bonds. The van der Waals surface area contributed by atoms with Crippen molar-refractivity contribution in [2.75, 3.05) is 7.11 Å². The van der Waals surface area contributed by atoms with E-state index in [1.165, 1.54) is 19.2 Å². The summed E-state index contributed by atoms with van der Waals surface area (Å²) in [5.41, 5.74) is 1.30. The minimum Gasteiger partial charge on any atom is -0.502 e. The molecule has 0 aromatic heterocycles. The third-order valence-corrected chi connectivity index (χ3v) is 2.81. The number of aromatic hydroxyl groups is 1. The number of methoxy groups -OCH3 is 1. The van der Waals surface area contributed by atoms with Gasteiger partial charge in [-0.3, -0.25) is 10.1 Å². The standard InChI is InChI=1S/C14H11NO5/c1-20-14(17)10-4-2-9(3-5-10)11-6-7-13(16)12(8-11)15(18)19/h2-8,16H,1H3. The number of nitro groups is 1. The second-order valence-electron chi connectivity index (χ2n) is 4.03. The molecule has 0 aliphatic rings. The van der Waals surface area contributed by atoms with Crippen LogP contribution in [0.2, 0.25) is 0 Å². The molecule has 6 nitrogen and oxygen atoms in total. The van der Waals surface area contributed by atoms with Gasteiger partial charge >= 0.3 is 11.7 Å². The van der Waals surface area contributed by atoms with Crippen molar-refractivity contribution in [2.45, 2.75) is 0 Å². The quantitative estimate of drug-likeness (QED) is 0.527. The van der Waals surface area contributed by atoms with E-state index in [4.69, 9.17) is 0 Å². The Morgan fingerprint density at radius 2 is 1.75 bits per heavy atom. The van der Waals surface area contributed by atoms with Crippen molar-refractivity contribution in [1.82, 2.24) is 0 Å². The molecule has 0 spiro atoms. The number of carbonyl (C=O) groups excluding carboxylic acids is 1. The molecule has 0 aliphatic carbocycles. The van der Waals surface area contributed by atoms with E-state index in [2.05, 4.69) is 4.74 Å². The van der Waals surface area contributed by atoms with Crippen LogP contribution >= 0.6 is 0 Å². The van der Waals surface area contributed by atoms with Gasteiger partial charge in [-0.1, -0.05) is 18.2 Å². The van der Waals surface area contributed by atoms with Gasteiger partial charge in [0.15, 0.2) is 5.75 Å². The molecule has 1 N–H and O–H groups in total. The molecule has 2 aromatic carbocycles. The van der Waals surface area contributed by atoms with E-state index in [1.54, 1.807) is 30.3 Å². The topological polar surface area (TPSA) is 89.7 Å². The molecule has 2 aromatic rings. The van der Waals surface area contributed by atoms with Crippen LogP contribution in [0.3, 0.4) is 0 Å². The lowest BCUT2D eigenvalue weighted by Crippen LogP contribution is -2.00. The lowest BCUT2D eigenvalue weighted by Gasteiger charge is -2.04. The molecule has 0 bridgehead atoms. The number of carbonyl (C=O) groups is 1. The average molecular weight is 273 g/mol. The van der Waals surface area contributed by atoms with Crippen LogP contribution in [0.5, 0.6) is 5.75 Å². The molecule has 102 valence electrons. The Kier molecular flexibility index (Phi) is 3.65. The molecule has 20 heavy (non-hydrogen) atoms. The van der Waals surface area contributed by atoms with Crippen LogP contribution in [0, 0.1) is 10.1 Å². The van der Waals surface area contributed by atoms with Gasteiger partial charge in [0.05, 0.1) is 17.6 Å². The zero-order valence-electron chi connectivity index (χ0n) is 10.6. The molecule has 0 heterocycles. The first-order valence-corrected chi connectivity index (χ1v) is 5.69. The number of rotatable bonds is 3. The van der Waals surface area contributed by atoms with E-state index < -0.39 is 10.9 Å². The number of phenolic OH excluding ortho intramolecular Hbond substituents is 1. The summed E-state index contributed by atoms with van der Waals surface area (Å²) in [6.45, 7) is 0. The summed E-state index contributed by atoms with van der Waals surface area (Å²) in [5, 5.41) is 20.2. The van der Waals surface area contributed by atoms with E-state index in [9.17, 15) is 20.0 Å². The van der Waals surface area contributed by atoms with Gasteiger partial charge in [0.2, 0.25) is 0 Å². The number of nitro benzene ring substituents is 1. The number of hydrogen-bond donors (Lipinski definition) is 1. The normalized spacial score (nSPS) is 10.1. The summed E-state index contributed by atoms with van der Waals surface area (Å²) >= 11 is 0. The first kappa shape index (κ1) is 13.5. The highest BCUT2D eigenvalue weighted by molar-refractivity contribution is 5.90. The Hall–Kier alpha value is -2.89. The maximum Gasteiger partial charge on any atom is 0.337 e. The lowest BCUT2D eigenvalue weighted by molar-refractivity contribution is -0.385. The zero-order chi connectivity index (χ0) is 14.7. The van der Waals surface area contributed by atoms with Gasteiger partial charge in [-0.25, -0.2) is 4.79 Å². The van der Waals surface area contributed by atoms with Gasteiger partial charge in [-0.2, -0.15) is 0 Å². The summed E-state index contributed by atoms with van der Waals surface area (Å²) in [4.78, 5) is 21.4. The van der Waals surface area contributed by atoms with E-state index in [0.717, 1.165) is 0 Å². The smallest absolute Gasteiger partial charge is 0.337 e. The fourth-order valence-corrected chi connectivity index (χ4v) is 1.77. The number of phenols is 1. The van der Waals surface area contributed by atoms with Crippen molar-refractivity contribution in [3.8, 4) is 16.9 Å². The molecule has 0 saturated heterocycles. The summed E-state index contributed by atoms with van der Waals surface area (Å²) in [7, 11) is 1.29. The molecule has 0 radical (unpaired) electrons. The third kappa shape index (κ3) is 2.59. The van der Waals surface area contributed by atoms with Crippen molar-refractivity contribution in [1.29, 1.82) is 0 Å². The van der Waals surface area contributed by atoms with Crippen molar-refractivity contribution >= 4 is 11.7 Å². The molecule has 0 aliphatic heterocycles. The Morgan fingerprint density at radius 3 is 2.30 bits per heavy atom. The van der Waals surface area contributed by atoms with E-state index in [1.807, 2.05) is 0 Å². The Balaban J connectivity index is 2.39. The minimum atomic E-state index is -0.651. The fourth-order valence-electron chi connectivity index (χ4n) is 1.77. The first-order valence-electron chi connectivity index (χ1n) is 5.69. The molecule has 0 unspecified atom stereocenters. The van der Waals surface area contributed by atoms with Gasteiger partial charge in [0, 0.05) is 6.07 Å². The molecule has 0 fully saturated rings. The van der Waals surface area contributed by atoms with Gasteiger partial charge < -0.3 is 9.84 Å². The SMILES string of the molecule is COC(=O)c1ccc(-c2ccc(O)c([N+](=O)[O-])c2)cc1. The highest BCUT2D eigenvalue weighted by atomic mass is 16.6. The molecule has 0 saturated carbocycles. The fraction of sp³-hybridized carbons (Fsp3) is 0.0714. The number of nitrogens with zero attached hydrogens (tertiary/aromatic N) is 1. The Labute approximate surface area is 114 Å². The predicted octanol–water partition coefficient (Wildman–Crippen LogP) is 2.75. The lowest BCUT2D eigenvalue weighted by atomic mass is 10.0. The Morgan fingerprint density at radius 1 is 1.15 bits per heavy atom. The van der Waals surface area contributed by atoms with Crippen molar-refractivity contribution in [3.63, 3.8) is 0 Å². The van der Waals surface area contributed by atoms with Crippen LogP contribution < -0.4 is 0 Å². The maximum absolute atomic E-state index is 11.3. The van der Waals surface area contributed by atoms with Crippen LogP contribution in [0.15, 0.2) is 42.5 Å². The average Bonchev–Trinajstić information content (AvgIpc) is 2.47. The molecular weight excluding hydrogens is 262 g/mol. The van der Waals surface area contributed by atoms with Crippen molar-refractivity contribution < 1.29 is 19.6 Å². The summed E-state index contributed by atoms with van der Waals surface area (Å²) in [6.07, 6.45) is 0. The van der Waals surface area contributed by atoms with Gasteiger partial charge in [0.25, 0.3) is 0 Å². The third-order valence-electron chi connectivity index (χ3n) is 2.81. The van der Waals surface area contributed by atoms with Gasteiger partial charge in [-0.05, 0) is 29.3 Å². The predicted molar refractivity (Wildman–Crippen MR) is 71.5 cm³/mol.